The molecule has 0 spiro atoms. The number of fused-ring (bicyclic) bond motifs is 1. The van der Waals surface area contributed by atoms with Gasteiger partial charge < -0.3 is 15.2 Å². The second-order valence-electron chi connectivity index (χ2n) is 8.31. The zero-order chi connectivity index (χ0) is 28.3. The van der Waals surface area contributed by atoms with Crippen LogP contribution in [-0.2, 0) is 16.5 Å². The molecule has 202 valence electrons. The number of rotatable bonds is 8. The van der Waals surface area contributed by atoms with Crippen molar-refractivity contribution in [2.24, 2.45) is 10.2 Å². The summed E-state index contributed by atoms with van der Waals surface area (Å²) < 4.78 is 38.4. The normalized spacial score (nSPS) is 11.7. The van der Waals surface area contributed by atoms with E-state index in [0.29, 0.717) is 45.8 Å². The van der Waals surface area contributed by atoms with Crippen molar-refractivity contribution in [2.45, 2.75) is 25.2 Å². The molecule has 0 saturated heterocycles. The third-order valence-electron chi connectivity index (χ3n) is 5.78. The van der Waals surface area contributed by atoms with Crippen molar-refractivity contribution in [3.63, 3.8) is 0 Å². The molecule has 1 amide bonds. The first kappa shape index (κ1) is 28.3. The Balaban J connectivity index is 1.78. The molecule has 0 fully saturated rings. The molecule has 39 heavy (non-hydrogen) atoms. The zero-order valence-corrected chi connectivity index (χ0v) is 23.1. The van der Waals surface area contributed by atoms with Crippen LogP contribution in [0.4, 0.5) is 17.1 Å². The molecule has 0 aliphatic heterocycles. The number of anilines is 1. The number of aryl methyl sites for hydroxylation is 1. The number of hydrogen-bond donors (Lipinski definition) is 3. The quantitative estimate of drug-likeness (QED) is 0.142. The number of aromatic hydroxyl groups is 1. The van der Waals surface area contributed by atoms with Crippen LogP contribution in [0.15, 0.2) is 75.8 Å². The number of azo groups is 1. The van der Waals surface area contributed by atoms with Gasteiger partial charge in [0.05, 0.1) is 27.9 Å². The molecule has 0 saturated carbocycles. The standard InChI is InChI=1S/C27H23Cl2N3O6S/c1-3-15-12-21(29)24(39(35,36)37)14-22(15)31-32-25-18-8-6-5-7-16(18)11-19(26(25)33)27(34)30-17-9-10-23(38-4-2)20(28)13-17/h5-14,33H,3-4H2,1-2H3,(H,30,34)(H,35,36,37). The van der Waals surface area contributed by atoms with Crippen molar-refractivity contribution in [1.29, 1.82) is 0 Å². The number of hydrogen-bond acceptors (Lipinski definition) is 7. The molecule has 0 radical (unpaired) electrons. The number of nitrogens with zero attached hydrogens (tertiary/aromatic N) is 2. The number of amides is 1. The fourth-order valence-electron chi connectivity index (χ4n) is 3.90. The zero-order valence-electron chi connectivity index (χ0n) is 20.8. The van der Waals surface area contributed by atoms with Gasteiger partial charge in [0.2, 0.25) is 0 Å². The first-order valence-electron chi connectivity index (χ1n) is 11.7. The summed E-state index contributed by atoms with van der Waals surface area (Å²) in [5.41, 5.74) is 0.986. The van der Waals surface area contributed by atoms with Gasteiger partial charge in [-0.25, -0.2) is 0 Å². The molecule has 9 nitrogen and oxygen atoms in total. The molecule has 4 rings (SSSR count). The lowest BCUT2D eigenvalue weighted by Crippen LogP contribution is -2.12. The molecule has 0 bridgehead atoms. The highest BCUT2D eigenvalue weighted by Gasteiger charge is 2.21. The maximum absolute atomic E-state index is 13.2. The molecule has 4 aromatic rings. The SMILES string of the molecule is CCOc1ccc(NC(=O)c2cc3ccccc3c(N=Nc3cc(S(=O)(=O)O)c(Cl)cc3CC)c2O)cc1Cl. The molecular formula is C27H23Cl2N3O6S. The summed E-state index contributed by atoms with van der Waals surface area (Å²) in [6.45, 7) is 4.07. The number of nitrogens with one attached hydrogen (secondary N) is 1. The van der Waals surface area contributed by atoms with Crippen LogP contribution < -0.4 is 10.1 Å². The Morgan fingerprint density at radius 1 is 1.00 bits per heavy atom. The minimum Gasteiger partial charge on any atom is -0.505 e. The Morgan fingerprint density at radius 3 is 2.41 bits per heavy atom. The first-order valence-corrected chi connectivity index (χ1v) is 13.9. The summed E-state index contributed by atoms with van der Waals surface area (Å²) in [7, 11) is -4.62. The number of benzene rings is 4. The maximum Gasteiger partial charge on any atom is 0.296 e. The average Bonchev–Trinajstić information content (AvgIpc) is 2.89. The molecule has 0 aromatic heterocycles. The van der Waals surface area contributed by atoms with Gasteiger partial charge in [-0.15, -0.1) is 5.11 Å². The van der Waals surface area contributed by atoms with Gasteiger partial charge in [-0.3, -0.25) is 9.35 Å². The number of ether oxygens (including phenoxy) is 1. The fourth-order valence-corrected chi connectivity index (χ4v) is 5.18. The summed E-state index contributed by atoms with van der Waals surface area (Å²) in [6, 6.07) is 15.7. The lowest BCUT2D eigenvalue weighted by atomic mass is 10.0. The van der Waals surface area contributed by atoms with Crippen LogP contribution in [0.2, 0.25) is 10.0 Å². The highest BCUT2D eigenvalue weighted by Crippen LogP contribution is 2.41. The summed E-state index contributed by atoms with van der Waals surface area (Å²) >= 11 is 12.3. The Labute approximate surface area is 234 Å². The van der Waals surface area contributed by atoms with Crippen molar-refractivity contribution in [2.75, 3.05) is 11.9 Å². The van der Waals surface area contributed by atoms with Crippen molar-refractivity contribution >= 4 is 67.1 Å². The minimum atomic E-state index is -4.62. The second-order valence-corrected chi connectivity index (χ2v) is 10.5. The first-order chi connectivity index (χ1) is 18.5. The predicted molar refractivity (Wildman–Crippen MR) is 151 cm³/mol. The van der Waals surface area contributed by atoms with Gasteiger partial charge in [-0.1, -0.05) is 54.4 Å². The van der Waals surface area contributed by atoms with E-state index in [9.17, 15) is 22.9 Å². The summed E-state index contributed by atoms with van der Waals surface area (Å²) in [6.07, 6.45) is 0.430. The van der Waals surface area contributed by atoms with E-state index in [1.807, 2.05) is 13.8 Å². The Kier molecular flexibility index (Phi) is 8.41. The topological polar surface area (TPSA) is 138 Å². The molecule has 0 atom stereocenters. The van der Waals surface area contributed by atoms with E-state index in [0.717, 1.165) is 6.07 Å². The molecule has 3 N–H and O–H groups in total. The summed E-state index contributed by atoms with van der Waals surface area (Å²) in [5.74, 6) is -0.586. The van der Waals surface area contributed by atoms with Gasteiger partial charge in [0.1, 0.15) is 16.3 Å². The molecule has 12 heteroatoms. The monoisotopic (exact) mass is 587 g/mol. The number of halogens is 2. The largest absolute Gasteiger partial charge is 0.505 e. The number of carbonyl (C=O) groups excluding carboxylic acids is 1. The van der Waals surface area contributed by atoms with E-state index < -0.39 is 26.7 Å². The molecule has 0 aliphatic rings. The lowest BCUT2D eigenvalue weighted by molar-refractivity contribution is 0.102. The van der Waals surface area contributed by atoms with E-state index in [2.05, 4.69) is 15.5 Å². The third kappa shape index (κ3) is 6.15. The fraction of sp³-hybridized carbons (Fsp3) is 0.148. The van der Waals surface area contributed by atoms with Crippen LogP contribution in [-0.4, -0.2) is 30.6 Å². The second kappa shape index (κ2) is 11.6. The maximum atomic E-state index is 13.2. The molecule has 0 unspecified atom stereocenters. The van der Waals surface area contributed by atoms with Crippen LogP contribution in [0.25, 0.3) is 10.8 Å². The van der Waals surface area contributed by atoms with Gasteiger partial charge >= 0.3 is 0 Å². The summed E-state index contributed by atoms with van der Waals surface area (Å²) in [4.78, 5) is 12.7. The van der Waals surface area contributed by atoms with Crippen LogP contribution in [0.3, 0.4) is 0 Å². The van der Waals surface area contributed by atoms with Crippen LogP contribution >= 0.6 is 23.2 Å². The molecule has 4 aromatic carbocycles. The molecule has 0 aliphatic carbocycles. The molecular weight excluding hydrogens is 565 g/mol. The highest BCUT2D eigenvalue weighted by molar-refractivity contribution is 7.86. The van der Waals surface area contributed by atoms with E-state index in [-0.39, 0.29) is 22.0 Å². The van der Waals surface area contributed by atoms with E-state index in [1.165, 1.54) is 18.2 Å². The Hall–Kier alpha value is -3.70. The minimum absolute atomic E-state index is 0.00613. The van der Waals surface area contributed by atoms with Crippen LogP contribution in [0.5, 0.6) is 11.5 Å². The van der Waals surface area contributed by atoms with E-state index >= 15 is 0 Å². The van der Waals surface area contributed by atoms with Crippen molar-refractivity contribution in [3.8, 4) is 11.5 Å². The number of carbonyl (C=O) groups is 1. The van der Waals surface area contributed by atoms with Gasteiger partial charge in [0.25, 0.3) is 16.0 Å². The van der Waals surface area contributed by atoms with Gasteiger partial charge in [0.15, 0.2) is 5.75 Å². The highest BCUT2D eigenvalue weighted by atomic mass is 35.5. The van der Waals surface area contributed by atoms with Crippen LogP contribution in [0, 0.1) is 0 Å². The van der Waals surface area contributed by atoms with Gasteiger partial charge in [0, 0.05) is 11.1 Å². The average molecular weight is 588 g/mol. The van der Waals surface area contributed by atoms with Gasteiger partial charge in [-0.2, -0.15) is 13.5 Å². The van der Waals surface area contributed by atoms with Crippen molar-refractivity contribution in [3.05, 3.63) is 81.8 Å². The van der Waals surface area contributed by atoms with E-state index in [1.54, 1.807) is 36.4 Å². The Morgan fingerprint density at radius 2 is 1.74 bits per heavy atom. The molecule has 0 heterocycles. The third-order valence-corrected chi connectivity index (χ3v) is 7.39. The van der Waals surface area contributed by atoms with Crippen molar-refractivity contribution in [1.82, 2.24) is 0 Å². The lowest BCUT2D eigenvalue weighted by Gasteiger charge is -2.12. The van der Waals surface area contributed by atoms with Crippen molar-refractivity contribution < 1.29 is 27.6 Å². The number of phenols is 1. The summed E-state index contributed by atoms with van der Waals surface area (Å²) in [5, 5.41) is 23.4. The van der Waals surface area contributed by atoms with E-state index in [4.69, 9.17) is 27.9 Å². The Bertz CT molecular complexity index is 1720. The smallest absolute Gasteiger partial charge is 0.296 e. The van der Waals surface area contributed by atoms with Crippen LogP contribution in [0.1, 0.15) is 29.8 Å². The van der Waals surface area contributed by atoms with Gasteiger partial charge in [-0.05, 0) is 60.7 Å². The predicted octanol–water partition coefficient (Wildman–Crippen LogP) is 7.73. The number of phenolic OH excluding ortho intramolecular Hbond substituents is 1.